The Morgan fingerprint density at radius 3 is 2.29 bits per heavy atom. The maximum absolute atomic E-state index is 2.51. The van der Waals surface area contributed by atoms with Gasteiger partial charge < -0.3 is 10.4 Å². The average Bonchev–Trinajstić information content (AvgIpc) is 2.20. The van der Waals surface area contributed by atoms with Crippen LogP contribution in [0.1, 0.15) is 24.8 Å². The summed E-state index contributed by atoms with van der Waals surface area (Å²) in [6.45, 7) is 4.68. The molecule has 1 aromatic rings. The third-order valence-electron chi connectivity index (χ3n) is 2.81. The van der Waals surface area contributed by atoms with Crippen LogP contribution in [-0.2, 0) is 0 Å². The summed E-state index contributed by atoms with van der Waals surface area (Å²) >= 11 is 0. The molecule has 0 atom stereocenters. The fourth-order valence-electron chi connectivity index (χ4n) is 2.05. The highest BCUT2D eigenvalue weighted by Crippen LogP contribution is 2.22. The number of anilines is 1. The van der Waals surface area contributed by atoms with Gasteiger partial charge in [0.2, 0.25) is 0 Å². The van der Waals surface area contributed by atoms with Gasteiger partial charge in [-0.05, 0) is 37.8 Å². The van der Waals surface area contributed by atoms with Crippen molar-refractivity contribution >= 4 is 5.69 Å². The van der Waals surface area contributed by atoms with E-state index in [1.165, 1.54) is 43.6 Å². The first kappa shape index (κ1) is 11.1. The van der Waals surface area contributed by atoms with Crippen molar-refractivity contribution in [2.45, 2.75) is 26.2 Å². The number of para-hydroxylation sites is 1. The summed E-state index contributed by atoms with van der Waals surface area (Å²) in [5.74, 6) is 0. The molecule has 0 aromatic heterocycles. The SMILES string of the molecule is Cc1ccccc1N1CCCCC1.O. The Kier molecular flexibility index (Phi) is 3.96. The number of aryl methyl sites for hydroxylation is 1. The minimum absolute atomic E-state index is 0. The van der Waals surface area contributed by atoms with E-state index in [2.05, 4.69) is 36.1 Å². The molecule has 1 fully saturated rings. The van der Waals surface area contributed by atoms with Crippen LogP contribution in [0, 0.1) is 6.92 Å². The second-order valence-corrected chi connectivity index (χ2v) is 3.83. The predicted octanol–water partition coefficient (Wildman–Crippen LogP) is 2.16. The first-order valence-electron chi connectivity index (χ1n) is 5.18. The summed E-state index contributed by atoms with van der Waals surface area (Å²) in [4.78, 5) is 2.51. The molecule has 1 aliphatic heterocycles. The summed E-state index contributed by atoms with van der Waals surface area (Å²) < 4.78 is 0. The molecule has 0 bridgehead atoms. The van der Waals surface area contributed by atoms with Crippen LogP contribution >= 0.6 is 0 Å². The van der Waals surface area contributed by atoms with Gasteiger partial charge in [0.1, 0.15) is 0 Å². The lowest BCUT2D eigenvalue weighted by Crippen LogP contribution is -2.29. The highest BCUT2D eigenvalue weighted by Gasteiger charge is 2.11. The van der Waals surface area contributed by atoms with Gasteiger partial charge in [-0.1, -0.05) is 18.2 Å². The highest BCUT2D eigenvalue weighted by atomic mass is 16.0. The molecule has 2 nitrogen and oxygen atoms in total. The molecular formula is C12H19NO. The minimum Gasteiger partial charge on any atom is -0.412 e. The smallest absolute Gasteiger partial charge is 0.0395 e. The van der Waals surface area contributed by atoms with Gasteiger partial charge in [0.15, 0.2) is 0 Å². The van der Waals surface area contributed by atoms with E-state index in [-0.39, 0.29) is 5.48 Å². The van der Waals surface area contributed by atoms with Gasteiger partial charge in [-0.3, -0.25) is 0 Å². The van der Waals surface area contributed by atoms with Crippen LogP contribution in [-0.4, -0.2) is 18.6 Å². The lowest BCUT2D eigenvalue weighted by Gasteiger charge is -2.30. The molecule has 0 radical (unpaired) electrons. The van der Waals surface area contributed by atoms with Gasteiger partial charge in [-0.15, -0.1) is 0 Å². The van der Waals surface area contributed by atoms with Crippen LogP contribution in [0.4, 0.5) is 5.69 Å². The van der Waals surface area contributed by atoms with E-state index in [4.69, 9.17) is 0 Å². The molecule has 0 unspecified atom stereocenters. The largest absolute Gasteiger partial charge is 0.412 e. The van der Waals surface area contributed by atoms with E-state index in [0.717, 1.165) is 0 Å². The van der Waals surface area contributed by atoms with E-state index >= 15 is 0 Å². The van der Waals surface area contributed by atoms with Crippen molar-refractivity contribution in [3.8, 4) is 0 Å². The van der Waals surface area contributed by atoms with Gasteiger partial charge in [-0.2, -0.15) is 0 Å². The van der Waals surface area contributed by atoms with Crippen LogP contribution < -0.4 is 4.90 Å². The zero-order valence-corrected chi connectivity index (χ0v) is 8.79. The van der Waals surface area contributed by atoms with Gasteiger partial charge >= 0.3 is 0 Å². The highest BCUT2D eigenvalue weighted by molar-refractivity contribution is 5.53. The molecule has 14 heavy (non-hydrogen) atoms. The summed E-state index contributed by atoms with van der Waals surface area (Å²) in [6, 6.07) is 8.68. The minimum atomic E-state index is 0. The van der Waals surface area contributed by atoms with Crippen LogP contribution in [0.3, 0.4) is 0 Å². The van der Waals surface area contributed by atoms with E-state index in [1.807, 2.05) is 0 Å². The molecule has 78 valence electrons. The summed E-state index contributed by atoms with van der Waals surface area (Å²) in [5.41, 5.74) is 2.84. The summed E-state index contributed by atoms with van der Waals surface area (Å²) in [7, 11) is 0. The Labute approximate surface area is 85.9 Å². The first-order valence-corrected chi connectivity index (χ1v) is 5.18. The Bertz CT molecular complexity index is 279. The van der Waals surface area contributed by atoms with Crippen LogP contribution in [0.25, 0.3) is 0 Å². The number of benzene rings is 1. The Morgan fingerprint density at radius 1 is 1.00 bits per heavy atom. The molecule has 2 heteroatoms. The zero-order valence-electron chi connectivity index (χ0n) is 8.79. The second-order valence-electron chi connectivity index (χ2n) is 3.83. The average molecular weight is 193 g/mol. The Morgan fingerprint density at radius 2 is 1.64 bits per heavy atom. The fraction of sp³-hybridized carbons (Fsp3) is 0.500. The summed E-state index contributed by atoms with van der Waals surface area (Å²) in [5, 5.41) is 0. The third kappa shape index (κ3) is 2.26. The van der Waals surface area contributed by atoms with Crippen molar-refractivity contribution in [2.24, 2.45) is 0 Å². The van der Waals surface area contributed by atoms with Crippen molar-refractivity contribution in [1.82, 2.24) is 0 Å². The topological polar surface area (TPSA) is 34.7 Å². The molecular weight excluding hydrogens is 174 g/mol. The molecule has 1 aromatic carbocycles. The normalized spacial score (nSPS) is 16.2. The summed E-state index contributed by atoms with van der Waals surface area (Å²) in [6.07, 6.45) is 4.12. The standard InChI is InChI=1S/C12H17N.H2O/c1-11-7-3-4-8-12(11)13-9-5-2-6-10-13;/h3-4,7-8H,2,5-6,9-10H2,1H3;1H2. The van der Waals surface area contributed by atoms with Crippen molar-refractivity contribution < 1.29 is 5.48 Å². The van der Waals surface area contributed by atoms with Gasteiger partial charge in [0, 0.05) is 18.8 Å². The van der Waals surface area contributed by atoms with Crippen molar-refractivity contribution in [3.63, 3.8) is 0 Å². The quantitative estimate of drug-likeness (QED) is 0.673. The van der Waals surface area contributed by atoms with Gasteiger partial charge in [0.25, 0.3) is 0 Å². The molecule has 1 heterocycles. The van der Waals surface area contributed by atoms with Gasteiger partial charge in [-0.25, -0.2) is 0 Å². The van der Waals surface area contributed by atoms with E-state index in [0.29, 0.717) is 0 Å². The Balaban J connectivity index is 0.000000980. The maximum atomic E-state index is 2.51. The van der Waals surface area contributed by atoms with Gasteiger partial charge in [0.05, 0.1) is 0 Å². The van der Waals surface area contributed by atoms with Crippen molar-refractivity contribution in [2.75, 3.05) is 18.0 Å². The van der Waals surface area contributed by atoms with Crippen LogP contribution in [0.2, 0.25) is 0 Å². The number of hydrogen-bond donors (Lipinski definition) is 0. The number of nitrogens with zero attached hydrogens (tertiary/aromatic N) is 1. The van der Waals surface area contributed by atoms with E-state index in [9.17, 15) is 0 Å². The van der Waals surface area contributed by atoms with Crippen LogP contribution in [0.15, 0.2) is 24.3 Å². The molecule has 1 saturated heterocycles. The lowest BCUT2D eigenvalue weighted by atomic mass is 10.1. The number of rotatable bonds is 1. The molecule has 0 spiro atoms. The monoisotopic (exact) mass is 193 g/mol. The second kappa shape index (κ2) is 5.01. The molecule has 0 aliphatic carbocycles. The molecule has 0 amide bonds. The number of piperidine rings is 1. The predicted molar refractivity (Wildman–Crippen MR) is 60.9 cm³/mol. The Hall–Kier alpha value is -1.02. The fourth-order valence-corrected chi connectivity index (χ4v) is 2.05. The molecule has 2 rings (SSSR count). The van der Waals surface area contributed by atoms with Crippen molar-refractivity contribution in [1.29, 1.82) is 0 Å². The zero-order chi connectivity index (χ0) is 9.10. The number of hydrogen-bond acceptors (Lipinski definition) is 1. The molecule has 1 aliphatic rings. The van der Waals surface area contributed by atoms with Crippen LogP contribution in [0.5, 0.6) is 0 Å². The van der Waals surface area contributed by atoms with E-state index < -0.39 is 0 Å². The molecule has 0 saturated carbocycles. The molecule has 2 N–H and O–H groups in total. The first-order chi connectivity index (χ1) is 6.38. The van der Waals surface area contributed by atoms with E-state index in [1.54, 1.807) is 0 Å². The lowest BCUT2D eigenvalue weighted by molar-refractivity contribution is 0.577. The maximum Gasteiger partial charge on any atom is 0.0395 e. The third-order valence-corrected chi connectivity index (χ3v) is 2.81. The van der Waals surface area contributed by atoms with Crippen molar-refractivity contribution in [3.05, 3.63) is 29.8 Å².